The predicted octanol–water partition coefficient (Wildman–Crippen LogP) is 3.90. The summed E-state index contributed by atoms with van der Waals surface area (Å²) in [6.07, 6.45) is 0. The average molecular weight is 413 g/mol. The molecule has 7 nitrogen and oxygen atoms in total. The van der Waals surface area contributed by atoms with E-state index in [-0.39, 0.29) is 11.4 Å². The molecule has 3 N–H and O–H groups in total. The first kappa shape index (κ1) is 18.0. The van der Waals surface area contributed by atoms with E-state index in [1.165, 1.54) is 22.1 Å². The van der Waals surface area contributed by atoms with Gasteiger partial charge in [0, 0.05) is 27.7 Å². The SMILES string of the molecule is O=C(Nc1ccc(Cl)cc1)c1cc(=O)n(-c2nc(-c3ccc(O)cc3)cs2)[nH]1. The summed E-state index contributed by atoms with van der Waals surface area (Å²) in [6.45, 7) is 0. The summed E-state index contributed by atoms with van der Waals surface area (Å²) in [7, 11) is 0. The van der Waals surface area contributed by atoms with Gasteiger partial charge in [0.25, 0.3) is 11.5 Å². The van der Waals surface area contributed by atoms with Crippen LogP contribution < -0.4 is 10.9 Å². The Kier molecular flexibility index (Phi) is 4.72. The molecule has 0 unspecified atom stereocenters. The number of aromatic nitrogens is 3. The van der Waals surface area contributed by atoms with E-state index in [4.69, 9.17) is 11.6 Å². The molecule has 9 heteroatoms. The van der Waals surface area contributed by atoms with Gasteiger partial charge >= 0.3 is 0 Å². The Labute approximate surface area is 167 Å². The van der Waals surface area contributed by atoms with Crippen molar-refractivity contribution in [2.45, 2.75) is 0 Å². The van der Waals surface area contributed by atoms with Gasteiger partial charge in [0.15, 0.2) is 0 Å². The number of hydrogen-bond donors (Lipinski definition) is 3. The maximum atomic E-state index is 12.4. The standard InChI is InChI=1S/C19H13ClN4O3S/c20-12-3-5-13(6-4-12)21-18(27)15-9-17(26)24(23-15)19-22-16(10-28-19)11-1-7-14(25)8-2-11/h1-10,23,25H,(H,21,27). The maximum absolute atomic E-state index is 12.4. The quantitative estimate of drug-likeness (QED) is 0.473. The second kappa shape index (κ2) is 7.34. The lowest BCUT2D eigenvalue weighted by Crippen LogP contribution is -2.14. The number of nitrogens with zero attached hydrogens (tertiary/aromatic N) is 2. The number of carbonyl (C=O) groups is 1. The molecule has 0 aliphatic rings. The molecule has 4 aromatic rings. The molecule has 0 spiro atoms. The van der Waals surface area contributed by atoms with Gasteiger partial charge in [0.05, 0.1) is 5.69 Å². The molecular weight excluding hydrogens is 400 g/mol. The van der Waals surface area contributed by atoms with Crippen molar-refractivity contribution in [1.82, 2.24) is 14.8 Å². The summed E-state index contributed by atoms with van der Waals surface area (Å²) < 4.78 is 1.21. The van der Waals surface area contributed by atoms with Crippen LogP contribution in [-0.2, 0) is 0 Å². The second-order valence-electron chi connectivity index (χ2n) is 5.87. The maximum Gasteiger partial charge on any atom is 0.274 e. The highest BCUT2D eigenvalue weighted by molar-refractivity contribution is 7.12. The van der Waals surface area contributed by atoms with Crippen LogP contribution in [0.4, 0.5) is 5.69 Å². The number of carbonyl (C=O) groups excluding carboxylic acids is 1. The fourth-order valence-corrected chi connectivity index (χ4v) is 3.44. The van der Waals surface area contributed by atoms with Crippen LogP contribution in [0.5, 0.6) is 5.75 Å². The Bertz CT molecular complexity index is 1190. The summed E-state index contributed by atoms with van der Waals surface area (Å²) in [5.41, 5.74) is 1.75. The number of thiazole rings is 1. The van der Waals surface area contributed by atoms with Gasteiger partial charge in [-0.1, -0.05) is 11.6 Å². The van der Waals surface area contributed by atoms with Crippen molar-refractivity contribution in [3.8, 4) is 22.1 Å². The molecule has 0 saturated carbocycles. The topological polar surface area (TPSA) is 100 Å². The first-order valence-corrected chi connectivity index (χ1v) is 9.40. The molecule has 0 fully saturated rings. The average Bonchev–Trinajstić information content (AvgIpc) is 3.31. The fraction of sp³-hybridized carbons (Fsp3) is 0. The molecule has 0 atom stereocenters. The zero-order valence-electron chi connectivity index (χ0n) is 14.2. The van der Waals surface area contributed by atoms with Crippen molar-refractivity contribution < 1.29 is 9.90 Å². The lowest BCUT2D eigenvalue weighted by molar-refractivity contribution is 0.102. The van der Waals surface area contributed by atoms with Gasteiger partial charge in [-0.25, -0.2) is 4.98 Å². The highest BCUT2D eigenvalue weighted by Crippen LogP contribution is 2.25. The number of amides is 1. The minimum atomic E-state index is -0.450. The number of halogens is 1. The largest absolute Gasteiger partial charge is 0.508 e. The van der Waals surface area contributed by atoms with Crippen molar-refractivity contribution in [2.24, 2.45) is 0 Å². The smallest absolute Gasteiger partial charge is 0.274 e. The van der Waals surface area contributed by atoms with Gasteiger partial charge in [0.1, 0.15) is 11.4 Å². The zero-order valence-corrected chi connectivity index (χ0v) is 15.8. The minimum absolute atomic E-state index is 0.112. The minimum Gasteiger partial charge on any atom is -0.508 e. The number of aromatic amines is 1. The number of benzene rings is 2. The van der Waals surface area contributed by atoms with Crippen LogP contribution >= 0.6 is 22.9 Å². The Hall–Kier alpha value is -3.36. The van der Waals surface area contributed by atoms with E-state index in [1.807, 2.05) is 0 Å². The normalized spacial score (nSPS) is 10.8. The van der Waals surface area contributed by atoms with Gasteiger partial charge in [0.2, 0.25) is 5.13 Å². The van der Waals surface area contributed by atoms with E-state index >= 15 is 0 Å². The number of rotatable bonds is 4. The molecule has 0 radical (unpaired) electrons. The number of H-pyrrole nitrogens is 1. The van der Waals surface area contributed by atoms with E-state index < -0.39 is 11.5 Å². The van der Waals surface area contributed by atoms with Gasteiger partial charge in [-0.3, -0.25) is 14.7 Å². The first-order valence-electron chi connectivity index (χ1n) is 8.14. The van der Waals surface area contributed by atoms with Crippen LogP contribution in [0.1, 0.15) is 10.5 Å². The molecule has 0 bridgehead atoms. The van der Waals surface area contributed by atoms with E-state index in [9.17, 15) is 14.7 Å². The molecular formula is C19H13ClN4O3S. The van der Waals surface area contributed by atoms with Crippen molar-refractivity contribution >= 4 is 34.5 Å². The van der Waals surface area contributed by atoms with Gasteiger partial charge in [-0.15, -0.1) is 11.3 Å². The first-order chi connectivity index (χ1) is 13.5. The van der Waals surface area contributed by atoms with Gasteiger partial charge < -0.3 is 10.4 Å². The van der Waals surface area contributed by atoms with Crippen LogP contribution in [0, 0.1) is 0 Å². The Morgan fingerprint density at radius 1 is 1.14 bits per heavy atom. The number of anilines is 1. The van der Waals surface area contributed by atoms with Gasteiger partial charge in [-0.2, -0.15) is 4.68 Å². The number of aromatic hydroxyl groups is 1. The number of phenols is 1. The second-order valence-corrected chi connectivity index (χ2v) is 7.14. The number of hydrogen-bond acceptors (Lipinski definition) is 5. The summed E-state index contributed by atoms with van der Waals surface area (Å²) in [4.78, 5) is 29.1. The van der Waals surface area contributed by atoms with Crippen molar-refractivity contribution in [1.29, 1.82) is 0 Å². The van der Waals surface area contributed by atoms with Crippen LogP contribution in [0.25, 0.3) is 16.4 Å². The molecule has 0 aliphatic carbocycles. The third kappa shape index (κ3) is 3.68. The molecule has 28 heavy (non-hydrogen) atoms. The zero-order chi connectivity index (χ0) is 19.7. The molecule has 2 heterocycles. The molecule has 4 rings (SSSR count). The van der Waals surface area contributed by atoms with E-state index in [0.29, 0.717) is 21.5 Å². The van der Waals surface area contributed by atoms with Crippen LogP contribution in [0.15, 0.2) is 64.8 Å². The third-order valence-corrected chi connectivity index (χ3v) is 4.99. The highest BCUT2D eigenvalue weighted by Gasteiger charge is 2.15. The molecule has 1 amide bonds. The molecule has 0 aliphatic heterocycles. The van der Waals surface area contributed by atoms with Crippen molar-refractivity contribution in [3.63, 3.8) is 0 Å². The predicted molar refractivity (Wildman–Crippen MR) is 109 cm³/mol. The summed E-state index contributed by atoms with van der Waals surface area (Å²) in [6, 6.07) is 14.5. The fourth-order valence-electron chi connectivity index (χ4n) is 2.52. The lowest BCUT2D eigenvalue weighted by Gasteiger charge is -2.03. The Morgan fingerprint density at radius 3 is 2.57 bits per heavy atom. The van der Waals surface area contributed by atoms with Crippen LogP contribution in [0.3, 0.4) is 0 Å². The van der Waals surface area contributed by atoms with Crippen LogP contribution in [0.2, 0.25) is 5.02 Å². The van der Waals surface area contributed by atoms with Crippen molar-refractivity contribution in [3.05, 3.63) is 81.0 Å². The highest BCUT2D eigenvalue weighted by atomic mass is 35.5. The Balaban J connectivity index is 1.58. The number of phenolic OH excluding ortho intramolecular Hbond substituents is 1. The molecule has 0 saturated heterocycles. The lowest BCUT2D eigenvalue weighted by atomic mass is 10.2. The van der Waals surface area contributed by atoms with E-state index in [1.54, 1.807) is 53.9 Å². The molecule has 2 aromatic heterocycles. The van der Waals surface area contributed by atoms with E-state index in [2.05, 4.69) is 15.4 Å². The molecule has 140 valence electrons. The van der Waals surface area contributed by atoms with Crippen LogP contribution in [-0.4, -0.2) is 25.8 Å². The van der Waals surface area contributed by atoms with E-state index in [0.717, 1.165) is 5.56 Å². The summed E-state index contributed by atoms with van der Waals surface area (Å²) in [5.74, 6) is -0.287. The monoisotopic (exact) mass is 412 g/mol. The Morgan fingerprint density at radius 2 is 1.86 bits per heavy atom. The van der Waals surface area contributed by atoms with Gasteiger partial charge in [-0.05, 0) is 48.5 Å². The van der Waals surface area contributed by atoms with Crippen molar-refractivity contribution in [2.75, 3.05) is 5.32 Å². The molecule has 2 aromatic carbocycles. The summed E-state index contributed by atoms with van der Waals surface area (Å²) >= 11 is 7.09. The number of nitrogens with one attached hydrogen (secondary N) is 2. The summed E-state index contributed by atoms with van der Waals surface area (Å²) in [5, 5.41) is 17.6. The third-order valence-electron chi connectivity index (χ3n) is 3.91.